The van der Waals surface area contributed by atoms with Crippen LogP contribution in [0.3, 0.4) is 0 Å². The van der Waals surface area contributed by atoms with Crippen LogP contribution in [0.25, 0.3) is 21.5 Å². The zero-order valence-corrected chi connectivity index (χ0v) is 28.2. The molecule has 0 bridgehead atoms. The third-order valence-electron chi connectivity index (χ3n) is 7.82. The van der Waals surface area contributed by atoms with Crippen LogP contribution < -0.4 is 21.3 Å². The normalized spacial score (nSPS) is 11.6. The van der Waals surface area contributed by atoms with Gasteiger partial charge in [-0.2, -0.15) is 16.8 Å². The van der Waals surface area contributed by atoms with Crippen molar-refractivity contribution in [2.45, 2.75) is 16.7 Å². The molecule has 0 aromatic heterocycles. The average molecular weight is 725 g/mol. The van der Waals surface area contributed by atoms with E-state index in [2.05, 4.69) is 21.3 Å². The summed E-state index contributed by atoms with van der Waals surface area (Å²) in [4.78, 5) is 39.7. The van der Waals surface area contributed by atoms with Crippen molar-refractivity contribution in [3.8, 4) is 0 Å². The van der Waals surface area contributed by atoms with Gasteiger partial charge in [-0.3, -0.25) is 18.7 Å². The molecular weight excluding hydrogens is 697 g/mol. The van der Waals surface area contributed by atoms with E-state index in [0.29, 0.717) is 38.6 Å². The number of benzene rings is 6. The molecule has 6 rings (SSSR count). The quantitative estimate of drug-likeness (QED) is 0.0897. The van der Waals surface area contributed by atoms with Crippen molar-refractivity contribution >= 4 is 82.4 Å². The monoisotopic (exact) mass is 724 g/mol. The van der Waals surface area contributed by atoms with E-state index in [0.717, 1.165) is 5.56 Å². The summed E-state index contributed by atoms with van der Waals surface area (Å²) >= 11 is 0. The summed E-state index contributed by atoms with van der Waals surface area (Å²) in [6, 6.07) is 27.8. The van der Waals surface area contributed by atoms with Gasteiger partial charge in [-0.15, -0.1) is 0 Å². The number of nitrogens with one attached hydrogen (secondary N) is 4. The van der Waals surface area contributed by atoms with Crippen LogP contribution in [-0.4, -0.2) is 43.8 Å². The largest absolute Gasteiger partial charge is 0.323 e. The van der Waals surface area contributed by atoms with Crippen LogP contribution in [0, 0.1) is 6.92 Å². The number of urea groups is 1. The maximum atomic E-state index is 13.7. The Labute approximate surface area is 291 Å². The number of carbonyl (C=O) groups is 3. The predicted octanol–water partition coefficient (Wildman–Crippen LogP) is 6.94. The summed E-state index contributed by atoms with van der Waals surface area (Å²) in [6.07, 6.45) is 0. The highest BCUT2D eigenvalue weighted by molar-refractivity contribution is 7.86. The summed E-state index contributed by atoms with van der Waals surface area (Å²) in [5.41, 5.74) is 2.17. The maximum absolute atomic E-state index is 13.7. The van der Waals surface area contributed by atoms with Gasteiger partial charge in [0.05, 0.1) is 9.79 Å². The van der Waals surface area contributed by atoms with E-state index in [1.165, 1.54) is 54.6 Å². The molecule has 6 aromatic carbocycles. The smallest absolute Gasteiger partial charge is 0.321 e. The number of hydrogen-bond donors (Lipinski definition) is 6. The molecule has 0 fully saturated rings. The van der Waals surface area contributed by atoms with E-state index in [4.69, 9.17) is 0 Å². The van der Waals surface area contributed by atoms with Crippen molar-refractivity contribution in [1.82, 2.24) is 0 Å². The third kappa shape index (κ3) is 8.03. The Balaban J connectivity index is 1.33. The molecular formula is C36H28N4O9S2. The Hall–Kier alpha value is -6.13. The number of anilines is 4. The summed E-state index contributed by atoms with van der Waals surface area (Å²) in [5, 5.41) is 12.6. The van der Waals surface area contributed by atoms with E-state index < -0.39 is 38.1 Å². The van der Waals surface area contributed by atoms with Crippen molar-refractivity contribution < 1.29 is 40.3 Å². The first-order chi connectivity index (χ1) is 24.1. The fraction of sp³-hybridized carbons (Fsp3) is 0.0278. The molecule has 258 valence electrons. The van der Waals surface area contributed by atoms with Crippen LogP contribution in [0.2, 0.25) is 0 Å². The first-order valence-corrected chi connectivity index (χ1v) is 18.0. The summed E-state index contributed by atoms with van der Waals surface area (Å²) in [6.45, 7) is 1.90. The van der Waals surface area contributed by atoms with Crippen molar-refractivity contribution in [2.75, 3.05) is 21.3 Å². The van der Waals surface area contributed by atoms with Crippen molar-refractivity contribution in [2.24, 2.45) is 0 Å². The Morgan fingerprint density at radius 3 is 1.41 bits per heavy atom. The minimum absolute atomic E-state index is 0.0180. The Morgan fingerprint density at radius 1 is 0.510 bits per heavy atom. The highest BCUT2D eigenvalue weighted by Gasteiger charge is 2.18. The molecule has 0 unspecified atom stereocenters. The molecule has 4 amide bonds. The molecule has 13 nitrogen and oxygen atoms in total. The molecule has 0 heterocycles. The van der Waals surface area contributed by atoms with Gasteiger partial charge in [0, 0.05) is 44.6 Å². The number of aryl methyl sites for hydroxylation is 1. The lowest BCUT2D eigenvalue weighted by atomic mass is 10.1. The molecule has 0 saturated carbocycles. The van der Waals surface area contributed by atoms with Gasteiger partial charge in [-0.25, -0.2) is 4.79 Å². The van der Waals surface area contributed by atoms with Gasteiger partial charge >= 0.3 is 6.03 Å². The predicted molar refractivity (Wildman–Crippen MR) is 194 cm³/mol. The first kappa shape index (κ1) is 34.7. The SMILES string of the molecule is Cc1ccc(NC(=O)Nc2cc(C(=O)Nc3cccc4cc(S(=O)(=O)O)ccc34)cc(C(=O)Nc3cccc4cc(S(=O)(=O)O)ccc34)c2)cc1. The highest BCUT2D eigenvalue weighted by atomic mass is 32.2. The van der Waals surface area contributed by atoms with E-state index >= 15 is 0 Å². The second-order valence-electron chi connectivity index (χ2n) is 11.5. The molecule has 0 atom stereocenters. The van der Waals surface area contributed by atoms with Gasteiger partial charge in [0.15, 0.2) is 0 Å². The molecule has 0 aliphatic heterocycles. The van der Waals surface area contributed by atoms with Gasteiger partial charge < -0.3 is 21.3 Å². The van der Waals surface area contributed by atoms with E-state index in [1.54, 1.807) is 48.5 Å². The summed E-state index contributed by atoms with van der Waals surface area (Å²) < 4.78 is 65.5. The maximum Gasteiger partial charge on any atom is 0.323 e. The van der Waals surface area contributed by atoms with Crippen LogP contribution in [0.4, 0.5) is 27.5 Å². The fourth-order valence-corrected chi connectivity index (χ4v) is 6.38. The lowest BCUT2D eigenvalue weighted by molar-refractivity contribution is 0.102. The average Bonchev–Trinajstić information content (AvgIpc) is 3.08. The highest BCUT2D eigenvalue weighted by Crippen LogP contribution is 2.29. The standard InChI is InChI=1S/C36H28N4O9S2/c1-21-8-10-26(11-9-21)37-36(43)38-27-17-24(34(41)39-32-6-2-4-22-19-28(50(44,45)46)12-14-30(22)32)16-25(18-27)35(42)40-33-7-3-5-23-20-29(51(47,48)49)13-15-31(23)33/h2-20H,1H3,(H,39,41)(H,40,42)(H2,37,38,43)(H,44,45,46)(H,47,48,49). The first-order valence-electron chi connectivity index (χ1n) is 15.1. The van der Waals surface area contributed by atoms with Gasteiger partial charge in [-0.1, -0.05) is 54.1 Å². The number of rotatable bonds is 8. The minimum Gasteiger partial charge on any atom is -0.321 e. The van der Waals surface area contributed by atoms with Crippen LogP contribution in [-0.2, 0) is 20.2 Å². The summed E-state index contributed by atoms with van der Waals surface area (Å²) in [5.74, 6) is -1.33. The Bertz CT molecular complexity index is 2460. The van der Waals surface area contributed by atoms with Crippen molar-refractivity contribution in [1.29, 1.82) is 0 Å². The Morgan fingerprint density at radius 2 is 0.961 bits per heavy atom. The lowest BCUT2D eigenvalue weighted by Crippen LogP contribution is -2.21. The second kappa shape index (κ2) is 13.6. The molecule has 6 aromatic rings. The van der Waals surface area contributed by atoms with Gasteiger partial charge in [0.1, 0.15) is 0 Å². The van der Waals surface area contributed by atoms with Crippen LogP contribution >= 0.6 is 0 Å². The van der Waals surface area contributed by atoms with Crippen LogP contribution in [0.1, 0.15) is 26.3 Å². The number of carbonyl (C=O) groups excluding carboxylic acids is 3. The van der Waals surface area contributed by atoms with Gasteiger partial charge in [0.2, 0.25) is 0 Å². The molecule has 51 heavy (non-hydrogen) atoms. The van der Waals surface area contributed by atoms with E-state index in [9.17, 15) is 40.3 Å². The van der Waals surface area contributed by atoms with E-state index in [-0.39, 0.29) is 26.6 Å². The van der Waals surface area contributed by atoms with Gasteiger partial charge in [0.25, 0.3) is 32.1 Å². The zero-order valence-electron chi connectivity index (χ0n) is 26.5. The summed E-state index contributed by atoms with van der Waals surface area (Å²) in [7, 11) is -8.93. The molecule has 0 aliphatic rings. The van der Waals surface area contributed by atoms with Crippen molar-refractivity contribution in [3.05, 3.63) is 132 Å². The molecule has 0 saturated heterocycles. The van der Waals surface area contributed by atoms with Crippen LogP contribution in [0.15, 0.2) is 125 Å². The minimum atomic E-state index is -4.46. The topological polar surface area (TPSA) is 208 Å². The second-order valence-corrected chi connectivity index (χ2v) is 14.3. The number of hydrogen-bond acceptors (Lipinski definition) is 7. The van der Waals surface area contributed by atoms with E-state index in [1.807, 2.05) is 19.1 Å². The van der Waals surface area contributed by atoms with Crippen molar-refractivity contribution in [3.63, 3.8) is 0 Å². The zero-order chi connectivity index (χ0) is 36.5. The van der Waals surface area contributed by atoms with Gasteiger partial charge in [-0.05, 0) is 84.4 Å². The molecule has 0 radical (unpaired) electrons. The Kier molecular flexibility index (Phi) is 9.29. The fourth-order valence-electron chi connectivity index (χ4n) is 5.34. The number of amides is 4. The molecule has 0 spiro atoms. The number of fused-ring (bicyclic) bond motifs is 2. The third-order valence-corrected chi connectivity index (χ3v) is 9.52. The molecule has 6 N–H and O–H groups in total. The molecule has 15 heteroatoms. The van der Waals surface area contributed by atoms with Crippen LogP contribution in [0.5, 0.6) is 0 Å². The lowest BCUT2D eigenvalue weighted by Gasteiger charge is -2.14. The molecule has 0 aliphatic carbocycles.